The van der Waals surface area contributed by atoms with Gasteiger partial charge in [-0.2, -0.15) is 0 Å². The molecule has 8 heteroatoms. The molecule has 1 unspecified atom stereocenters. The highest BCUT2D eigenvalue weighted by Gasteiger charge is 2.42. The van der Waals surface area contributed by atoms with E-state index in [1.807, 2.05) is 0 Å². The number of urea groups is 1. The molecule has 1 aromatic carbocycles. The molecular weight excluding hydrogens is 350 g/mol. The number of nitrogens with two attached hydrogens (primary N) is 1. The van der Waals surface area contributed by atoms with Crippen molar-refractivity contribution < 1.29 is 24.0 Å². The first-order chi connectivity index (χ1) is 12.6. The fourth-order valence-corrected chi connectivity index (χ4v) is 3.07. The Kier molecular flexibility index (Phi) is 6.09. The first-order valence-electron chi connectivity index (χ1n) is 8.71. The van der Waals surface area contributed by atoms with Crippen LogP contribution in [-0.4, -0.2) is 40.4 Å². The summed E-state index contributed by atoms with van der Waals surface area (Å²) in [6.45, 7) is 4.79. The molecule has 3 N–H and O–H groups in total. The molecule has 1 heterocycles. The zero-order chi connectivity index (χ0) is 20.3. The van der Waals surface area contributed by atoms with Crippen molar-refractivity contribution in [2.45, 2.75) is 46.2 Å². The summed E-state index contributed by atoms with van der Waals surface area (Å²) in [5.74, 6) is -1.77. The number of nitrogens with zero attached hydrogens (tertiary/aromatic N) is 1. The van der Waals surface area contributed by atoms with Crippen LogP contribution in [0.3, 0.4) is 0 Å². The summed E-state index contributed by atoms with van der Waals surface area (Å²) in [7, 11) is 0. The molecule has 1 aromatic rings. The number of Topliss-reactive ketones (excluding diaryl/α,β-unsaturated/α-hetero) is 2. The number of amides is 4. The van der Waals surface area contributed by atoms with Gasteiger partial charge in [-0.3, -0.25) is 24.1 Å². The van der Waals surface area contributed by atoms with Crippen LogP contribution in [0.5, 0.6) is 0 Å². The van der Waals surface area contributed by atoms with Gasteiger partial charge < -0.3 is 11.1 Å². The van der Waals surface area contributed by atoms with E-state index in [4.69, 9.17) is 5.73 Å². The summed E-state index contributed by atoms with van der Waals surface area (Å²) >= 11 is 0. The standard InChI is InChI=1S/C19H23N3O5/c1-10(2)15(24)8-7-14(11(3)23)22-17(25)13-6-4-5-12(9-21-19(20)27)16(13)18(22)26/h4-6,10,14H,7-9H2,1-3H3,(H3,20,21,27). The molecule has 0 aliphatic carbocycles. The zero-order valence-electron chi connectivity index (χ0n) is 15.6. The van der Waals surface area contributed by atoms with Crippen LogP contribution in [0, 0.1) is 5.92 Å². The largest absolute Gasteiger partial charge is 0.352 e. The Bertz CT molecular complexity index is 816. The summed E-state index contributed by atoms with van der Waals surface area (Å²) in [5, 5.41) is 2.39. The first-order valence-corrected chi connectivity index (χ1v) is 8.71. The highest BCUT2D eigenvalue weighted by Crippen LogP contribution is 2.29. The number of hydrogen-bond acceptors (Lipinski definition) is 5. The molecule has 27 heavy (non-hydrogen) atoms. The van der Waals surface area contributed by atoms with Gasteiger partial charge in [0.1, 0.15) is 5.78 Å². The fraction of sp³-hybridized carbons (Fsp3) is 0.421. The summed E-state index contributed by atoms with van der Waals surface area (Å²) in [4.78, 5) is 61.6. The molecule has 0 fully saturated rings. The molecule has 1 atom stereocenters. The maximum Gasteiger partial charge on any atom is 0.312 e. The van der Waals surface area contributed by atoms with Crippen molar-refractivity contribution in [1.82, 2.24) is 10.2 Å². The molecule has 8 nitrogen and oxygen atoms in total. The molecule has 1 aliphatic rings. The quantitative estimate of drug-likeness (QED) is 0.666. The topological polar surface area (TPSA) is 127 Å². The summed E-state index contributed by atoms with van der Waals surface area (Å²) in [5.41, 5.74) is 5.83. The average Bonchev–Trinajstić information content (AvgIpc) is 2.85. The number of carbonyl (C=O) groups excluding carboxylic acids is 5. The van der Waals surface area contributed by atoms with Crippen molar-refractivity contribution in [2.24, 2.45) is 11.7 Å². The van der Waals surface area contributed by atoms with Gasteiger partial charge in [0, 0.05) is 18.9 Å². The number of benzene rings is 1. The van der Waals surface area contributed by atoms with Gasteiger partial charge in [-0.05, 0) is 25.0 Å². The summed E-state index contributed by atoms with van der Waals surface area (Å²) in [6, 6.07) is 2.94. The molecule has 0 spiro atoms. The summed E-state index contributed by atoms with van der Waals surface area (Å²) < 4.78 is 0. The Labute approximate surface area is 157 Å². The van der Waals surface area contributed by atoms with Crippen LogP contribution in [0.2, 0.25) is 0 Å². The van der Waals surface area contributed by atoms with Gasteiger partial charge >= 0.3 is 6.03 Å². The van der Waals surface area contributed by atoms with Crippen LogP contribution in [-0.2, 0) is 16.1 Å². The Morgan fingerprint density at radius 3 is 2.37 bits per heavy atom. The third-order valence-corrected chi connectivity index (χ3v) is 4.57. The van der Waals surface area contributed by atoms with E-state index in [-0.39, 0.29) is 48.0 Å². The fourth-order valence-electron chi connectivity index (χ4n) is 3.07. The van der Waals surface area contributed by atoms with Gasteiger partial charge in [-0.1, -0.05) is 26.0 Å². The normalized spacial score (nSPS) is 14.3. The van der Waals surface area contributed by atoms with Crippen molar-refractivity contribution in [3.63, 3.8) is 0 Å². The second-order valence-electron chi connectivity index (χ2n) is 6.82. The third-order valence-electron chi connectivity index (χ3n) is 4.57. The van der Waals surface area contributed by atoms with E-state index in [1.165, 1.54) is 13.0 Å². The lowest BCUT2D eigenvalue weighted by Gasteiger charge is -2.24. The number of fused-ring (bicyclic) bond motifs is 1. The Hall–Kier alpha value is -3.03. The molecule has 144 valence electrons. The Morgan fingerprint density at radius 2 is 1.81 bits per heavy atom. The second kappa shape index (κ2) is 8.11. The van der Waals surface area contributed by atoms with Crippen molar-refractivity contribution in [3.8, 4) is 0 Å². The predicted octanol–water partition coefficient (Wildman–Crippen LogP) is 1.41. The van der Waals surface area contributed by atoms with Gasteiger partial charge in [0.05, 0.1) is 17.2 Å². The molecule has 0 radical (unpaired) electrons. The van der Waals surface area contributed by atoms with Crippen molar-refractivity contribution in [2.75, 3.05) is 0 Å². The van der Waals surface area contributed by atoms with E-state index in [0.717, 1.165) is 4.90 Å². The van der Waals surface area contributed by atoms with Gasteiger partial charge in [-0.25, -0.2) is 4.79 Å². The molecule has 2 rings (SSSR count). The third kappa shape index (κ3) is 4.21. The SMILES string of the molecule is CC(=O)C(CCC(=O)C(C)C)N1C(=O)c2cccc(CNC(N)=O)c2C1=O. The number of nitrogens with one attached hydrogen (secondary N) is 1. The number of rotatable bonds is 8. The van der Waals surface area contributed by atoms with Crippen LogP contribution in [0.15, 0.2) is 18.2 Å². The lowest BCUT2D eigenvalue weighted by Crippen LogP contribution is -2.44. The maximum absolute atomic E-state index is 12.9. The minimum absolute atomic E-state index is 0.0120. The number of imide groups is 1. The number of carbonyl (C=O) groups is 5. The van der Waals surface area contributed by atoms with Crippen LogP contribution in [0.4, 0.5) is 4.79 Å². The molecule has 0 saturated carbocycles. The number of primary amides is 1. The molecule has 1 aliphatic heterocycles. The highest BCUT2D eigenvalue weighted by molar-refractivity contribution is 6.23. The van der Waals surface area contributed by atoms with Crippen molar-refractivity contribution in [1.29, 1.82) is 0 Å². The highest BCUT2D eigenvalue weighted by atomic mass is 16.2. The van der Waals surface area contributed by atoms with Crippen molar-refractivity contribution >= 4 is 29.4 Å². The second-order valence-corrected chi connectivity index (χ2v) is 6.82. The van der Waals surface area contributed by atoms with Crippen LogP contribution >= 0.6 is 0 Å². The lowest BCUT2D eigenvalue weighted by molar-refractivity contribution is -0.123. The van der Waals surface area contributed by atoms with E-state index in [1.54, 1.807) is 26.0 Å². The van der Waals surface area contributed by atoms with Gasteiger partial charge in [0.15, 0.2) is 5.78 Å². The molecule has 0 bridgehead atoms. The van der Waals surface area contributed by atoms with E-state index in [2.05, 4.69) is 5.32 Å². The molecular formula is C19H23N3O5. The Morgan fingerprint density at radius 1 is 1.15 bits per heavy atom. The molecule has 4 amide bonds. The zero-order valence-corrected chi connectivity index (χ0v) is 15.6. The minimum Gasteiger partial charge on any atom is -0.352 e. The monoisotopic (exact) mass is 373 g/mol. The number of hydrogen-bond donors (Lipinski definition) is 2. The first kappa shape index (κ1) is 20.3. The predicted molar refractivity (Wildman–Crippen MR) is 96.9 cm³/mol. The van der Waals surface area contributed by atoms with Crippen LogP contribution < -0.4 is 11.1 Å². The van der Waals surface area contributed by atoms with E-state index < -0.39 is 23.9 Å². The Balaban J connectivity index is 2.32. The van der Waals surface area contributed by atoms with Gasteiger partial charge in [0.2, 0.25) is 0 Å². The van der Waals surface area contributed by atoms with Gasteiger partial charge in [-0.15, -0.1) is 0 Å². The maximum atomic E-state index is 12.9. The number of ketones is 2. The van der Waals surface area contributed by atoms with Crippen molar-refractivity contribution in [3.05, 3.63) is 34.9 Å². The molecule has 0 aromatic heterocycles. The van der Waals surface area contributed by atoms with E-state index in [0.29, 0.717) is 5.56 Å². The lowest BCUT2D eigenvalue weighted by atomic mass is 9.99. The average molecular weight is 373 g/mol. The minimum atomic E-state index is -1.00. The summed E-state index contributed by atoms with van der Waals surface area (Å²) in [6.07, 6.45) is 0.193. The molecule has 0 saturated heterocycles. The van der Waals surface area contributed by atoms with Gasteiger partial charge in [0.25, 0.3) is 11.8 Å². The smallest absolute Gasteiger partial charge is 0.312 e. The van der Waals surface area contributed by atoms with Crippen LogP contribution in [0.1, 0.15) is 59.9 Å². The van der Waals surface area contributed by atoms with Crippen LogP contribution in [0.25, 0.3) is 0 Å². The van der Waals surface area contributed by atoms with E-state index >= 15 is 0 Å². The van der Waals surface area contributed by atoms with E-state index in [9.17, 15) is 24.0 Å².